The molecule has 2 heterocycles. The largest absolute Gasteiger partial charge is 0.494 e. The fourth-order valence-electron chi connectivity index (χ4n) is 3.56. The van der Waals surface area contributed by atoms with Crippen molar-refractivity contribution in [2.45, 2.75) is 26.8 Å². The molecule has 4 rings (SSSR count). The van der Waals surface area contributed by atoms with Crippen LogP contribution in [0.3, 0.4) is 0 Å². The lowest BCUT2D eigenvalue weighted by molar-refractivity contribution is -0.139. The second-order valence-corrected chi connectivity index (χ2v) is 6.86. The van der Waals surface area contributed by atoms with Crippen LogP contribution >= 0.6 is 0 Å². The molecule has 0 aliphatic carbocycles. The fourth-order valence-corrected chi connectivity index (χ4v) is 3.56. The molecule has 1 atom stereocenters. The summed E-state index contributed by atoms with van der Waals surface area (Å²) in [4.78, 5) is 17.5. The van der Waals surface area contributed by atoms with Gasteiger partial charge in [-0.1, -0.05) is 30.3 Å². The van der Waals surface area contributed by atoms with Gasteiger partial charge >= 0.3 is 5.97 Å². The fraction of sp³-hybridized carbons (Fsp3) is 0.261. The summed E-state index contributed by atoms with van der Waals surface area (Å²) in [6.07, 6.45) is 0. The van der Waals surface area contributed by atoms with E-state index in [2.05, 4.69) is 10.3 Å². The Balaban J connectivity index is 1.78. The summed E-state index contributed by atoms with van der Waals surface area (Å²) >= 11 is 0. The summed E-state index contributed by atoms with van der Waals surface area (Å²) in [5.74, 6) is 1.59. The van der Waals surface area contributed by atoms with E-state index in [0.717, 1.165) is 16.9 Å². The van der Waals surface area contributed by atoms with Crippen LogP contribution in [-0.2, 0) is 9.53 Å². The monoisotopic (exact) mass is 404 g/mol. The number of hydrogen-bond donors (Lipinski definition) is 1. The van der Waals surface area contributed by atoms with Crippen LogP contribution in [0.15, 0.2) is 65.9 Å². The van der Waals surface area contributed by atoms with Gasteiger partial charge in [0.05, 0.1) is 18.8 Å². The number of nitrogens with one attached hydrogen (secondary N) is 1. The Morgan fingerprint density at radius 3 is 2.47 bits per heavy atom. The van der Waals surface area contributed by atoms with Crippen molar-refractivity contribution in [1.29, 1.82) is 0 Å². The molecule has 1 aromatic heterocycles. The minimum absolute atomic E-state index is 0.304. The zero-order valence-corrected chi connectivity index (χ0v) is 17.3. The van der Waals surface area contributed by atoms with Gasteiger partial charge in [0.25, 0.3) is 0 Å². The second-order valence-electron chi connectivity index (χ2n) is 6.86. The van der Waals surface area contributed by atoms with E-state index in [9.17, 15) is 4.79 Å². The Morgan fingerprint density at radius 2 is 1.80 bits per heavy atom. The van der Waals surface area contributed by atoms with Crippen molar-refractivity contribution in [3.8, 4) is 17.1 Å². The SMILES string of the molecule is CCOC(=O)C1=C(C)Nc2nc(-c3ccc(OCC)cc3)nn2C1c1ccccc1. The molecular weight excluding hydrogens is 380 g/mol. The van der Waals surface area contributed by atoms with Crippen LogP contribution in [0.25, 0.3) is 11.4 Å². The number of carbonyl (C=O) groups is 1. The van der Waals surface area contributed by atoms with E-state index in [1.165, 1.54) is 0 Å². The number of ether oxygens (including phenoxy) is 2. The molecule has 2 aromatic carbocycles. The molecule has 1 aliphatic heterocycles. The molecule has 0 amide bonds. The maximum atomic E-state index is 12.8. The molecule has 1 N–H and O–H groups in total. The summed E-state index contributed by atoms with van der Waals surface area (Å²) in [6, 6.07) is 17.0. The number of aromatic nitrogens is 3. The van der Waals surface area contributed by atoms with Gasteiger partial charge in [-0.05, 0) is 50.6 Å². The van der Waals surface area contributed by atoms with E-state index in [1.54, 1.807) is 11.6 Å². The smallest absolute Gasteiger partial charge is 0.338 e. The van der Waals surface area contributed by atoms with Crippen molar-refractivity contribution < 1.29 is 14.3 Å². The molecule has 3 aromatic rings. The number of hydrogen-bond acceptors (Lipinski definition) is 6. The average molecular weight is 404 g/mol. The Hall–Kier alpha value is -3.61. The second kappa shape index (κ2) is 8.41. The molecule has 30 heavy (non-hydrogen) atoms. The van der Waals surface area contributed by atoms with Crippen molar-refractivity contribution in [2.75, 3.05) is 18.5 Å². The van der Waals surface area contributed by atoms with Gasteiger partial charge in [-0.15, -0.1) is 5.10 Å². The Labute approximate surface area is 175 Å². The maximum absolute atomic E-state index is 12.8. The molecule has 0 fully saturated rings. The number of esters is 1. The Morgan fingerprint density at radius 1 is 1.07 bits per heavy atom. The standard InChI is InChI=1S/C23H24N4O3/c1-4-29-18-13-11-17(12-14-18)21-25-23-24-15(3)19(22(28)30-5-2)20(27(23)26-21)16-9-7-6-8-10-16/h6-14,20H,4-5H2,1-3H3,(H,24,25,26). The summed E-state index contributed by atoms with van der Waals surface area (Å²) in [6.45, 7) is 6.52. The van der Waals surface area contributed by atoms with Crippen LogP contribution in [0, 0.1) is 0 Å². The number of fused-ring (bicyclic) bond motifs is 1. The van der Waals surface area contributed by atoms with Gasteiger partial charge in [0.2, 0.25) is 5.95 Å². The number of carbonyl (C=O) groups excluding carboxylic acids is 1. The highest BCUT2D eigenvalue weighted by Crippen LogP contribution is 2.36. The molecule has 0 saturated heterocycles. The first-order valence-corrected chi connectivity index (χ1v) is 10.0. The van der Waals surface area contributed by atoms with Gasteiger partial charge < -0.3 is 14.8 Å². The van der Waals surface area contributed by atoms with E-state index in [-0.39, 0.29) is 5.97 Å². The van der Waals surface area contributed by atoms with Gasteiger partial charge in [-0.25, -0.2) is 9.48 Å². The van der Waals surface area contributed by atoms with Crippen molar-refractivity contribution in [3.05, 3.63) is 71.4 Å². The van der Waals surface area contributed by atoms with Crippen LogP contribution in [0.4, 0.5) is 5.95 Å². The predicted octanol–water partition coefficient (Wildman–Crippen LogP) is 4.20. The number of rotatable bonds is 6. The van der Waals surface area contributed by atoms with E-state index in [0.29, 0.717) is 36.3 Å². The minimum atomic E-state index is -0.426. The number of allylic oxidation sites excluding steroid dienone is 1. The van der Waals surface area contributed by atoms with Crippen LogP contribution in [0.2, 0.25) is 0 Å². The molecule has 7 nitrogen and oxygen atoms in total. The van der Waals surface area contributed by atoms with Crippen LogP contribution in [0.5, 0.6) is 5.75 Å². The zero-order chi connectivity index (χ0) is 21.1. The highest BCUT2D eigenvalue weighted by molar-refractivity contribution is 5.92. The molecular formula is C23H24N4O3. The van der Waals surface area contributed by atoms with Crippen molar-refractivity contribution in [1.82, 2.24) is 14.8 Å². The Bertz CT molecular complexity index is 1070. The summed E-state index contributed by atoms with van der Waals surface area (Å²) in [7, 11) is 0. The van der Waals surface area contributed by atoms with Gasteiger partial charge in [0, 0.05) is 11.3 Å². The lowest BCUT2D eigenvalue weighted by Gasteiger charge is -2.28. The number of benzene rings is 2. The normalized spacial score (nSPS) is 15.4. The average Bonchev–Trinajstić information content (AvgIpc) is 3.17. The maximum Gasteiger partial charge on any atom is 0.338 e. The Kier molecular flexibility index (Phi) is 5.52. The van der Waals surface area contributed by atoms with Gasteiger partial charge in [-0.2, -0.15) is 4.98 Å². The molecule has 7 heteroatoms. The third-order valence-electron chi connectivity index (χ3n) is 4.89. The van der Waals surface area contributed by atoms with Crippen LogP contribution < -0.4 is 10.1 Å². The number of nitrogens with zero attached hydrogens (tertiary/aromatic N) is 3. The molecule has 0 spiro atoms. The molecule has 154 valence electrons. The first-order valence-electron chi connectivity index (χ1n) is 10.0. The highest BCUT2D eigenvalue weighted by Gasteiger charge is 2.35. The molecule has 1 unspecified atom stereocenters. The third-order valence-corrected chi connectivity index (χ3v) is 4.89. The van der Waals surface area contributed by atoms with E-state index in [4.69, 9.17) is 14.6 Å². The molecule has 0 saturated carbocycles. The first-order chi connectivity index (χ1) is 14.6. The summed E-state index contributed by atoms with van der Waals surface area (Å²) < 4.78 is 12.6. The van der Waals surface area contributed by atoms with E-state index in [1.807, 2.05) is 68.4 Å². The zero-order valence-electron chi connectivity index (χ0n) is 17.3. The van der Waals surface area contributed by atoms with E-state index < -0.39 is 6.04 Å². The molecule has 0 radical (unpaired) electrons. The van der Waals surface area contributed by atoms with Crippen molar-refractivity contribution in [3.63, 3.8) is 0 Å². The van der Waals surface area contributed by atoms with Crippen molar-refractivity contribution in [2.24, 2.45) is 0 Å². The summed E-state index contributed by atoms with van der Waals surface area (Å²) in [5, 5.41) is 7.96. The lowest BCUT2D eigenvalue weighted by Crippen LogP contribution is -2.29. The highest BCUT2D eigenvalue weighted by atomic mass is 16.5. The predicted molar refractivity (Wildman–Crippen MR) is 114 cm³/mol. The topological polar surface area (TPSA) is 78.3 Å². The van der Waals surface area contributed by atoms with Crippen LogP contribution in [0.1, 0.15) is 32.4 Å². The first kappa shape index (κ1) is 19.7. The summed E-state index contributed by atoms with van der Waals surface area (Å²) in [5.41, 5.74) is 3.04. The third kappa shape index (κ3) is 3.66. The molecule has 0 bridgehead atoms. The van der Waals surface area contributed by atoms with E-state index >= 15 is 0 Å². The van der Waals surface area contributed by atoms with Gasteiger partial charge in [0.1, 0.15) is 11.8 Å². The number of anilines is 1. The minimum Gasteiger partial charge on any atom is -0.494 e. The molecule has 1 aliphatic rings. The lowest BCUT2D eigenvalue weighted by atomic mass is 9.96. The van der Waals surface area contributed by atoms with Gasteiger partial charge in [-0.3, -0.25) is 0 Å². The quantitative estimate of drug-likeness (QED) is 0.621. The van der Waals surface area contributed by atoms with Crippen LogP contribution in [-0.4, -0.2) is 33.9 Å². The van der Waals surface area contributed by atoms with Gasteiger partial charge in [0.15, 0.2) is 5.82 Å². The van der Waals surface area contributed by atoms with Crippen molar-refractivity contribution >= 4 is 11.9 Å².